The van der Waals surface area contributed by atoms with Crippen molar-refractivity contribution in [3.63, 3.8) is 0 Å². The van der Waals surface area contributed by atoms with Gasteiger partial charge >= 0.3 is 0 Å². The molecule has 0 bridgehead atoms. The van der Waals surface area contributed by atoms with E-state index in [9.17, 15) is 0 Å². The number of nitrogens with one attached hydrogen (secondary N) is 1. The van der Waals surface area contributed by atoms with E-state index in [1.165, 1.54) is 17.7 Å². The molecule has 112 valence electrons. The Kier molecular flexibility index (Phi) is 6.22. The van der Waals surface area contributed by atoms with Crippen molar-refractivity contribution in [3.05, 3.63) is 59.9 Å². The third kappa shape index (κ3) is 5.20. The highest BCUT2D eigenvalue weighted by Crippen LogP contribution is 2.14. The van der Waals surface area contributed by atoms with Crippen LogP contribution in [0.15, 0.2) is 48.7 Å². The Labute approximate surface area is 128 Å². The number of benzene rings is 1. The number of likely N-dealkylation sites (N-methyl/N-ethyl adjacent to an activating group) is 1. The second kappa shape index (κ2) is 8.42. The lowest BCUT2D eigenvalue weighted by Crippen LogP contribution is -2.20. The van der Waals surface area contributed by atoms with Crippen LogP contribution in [0.25, 0.3) is 0 Å². The van der Waals surface area contributed by atoms with Gasteiger partial charge in [-0.2, -0.15) is 0 Å². The first-order chi connectivity index (χ1) is 10.3. The number of hydrogen-bond acceptors (Lipinski definition) is 3. The molecule has 1 heterocycles. The van der Waals surface area contributed by atoms with Crippen molar-refractivity contribution in [2.45, 2.75) is 26.3 Å². The number of pyridine rings is 1. The zero-order valence-corrected chi connectivity index (χ0v) is 13.0. The fraction of sp³-hybridized carbons (Fsp3) is 0.389. The summed E-state index contributed by atoms with van der Waals surface area (Å²) >= 11 is 0. The van der Waals surface area contributed by atoms with E-state index in [1.54, 1.807) is 0 Å². The molecule has 0 saturated heterocycles. The highest BCUT2D eigenvalue weighted by atomic mass is 15.1. The summed E-state index contributed by atoms with van der Waals surface area (Å²) in [4.78, 5) is 6.64. The summed E-state index contributed by atoms with van der Waals surface area (Å²) in [5.41, 5.74) is 3.74. The van der Waals surface area contributed by atoms with Gasteiger partial charge in [-0.3, -0.25) is 4.98 Å². The minimum Gasteiger partial charge on any atom is -0.374 e. The molecule has 0 amide bonds. The van der Waals surface area contributed by atoms with Crippen molar-refractivity contribution in [1.29, 1.82) is 0 Å². The van der Waals surface area contributed by atoms with Crippen LogP contribution in [-0.2, 0) is 13.0 Å². The summed E-state index contributed by atoms with van der Waals surface area (Å²) < 4.78 is 0. The molecule has 0 aliphatic rings. The van der Waals surface area contributed by atoms with Crippen molar-refractivity contribution >= 4 is 5.69 Å². The van der Waals surface area contributed by atoms with Crippen LogP contribution in [0.5, 0.6) is 0 Å². The molecule has 1 aromatic carbocycles. The van der Waals surface area contributed by atoms with Gasteiger partial charge in [0.15, 0.2) is 0 Å². The van der Waals surface area contributed by atoms with E-state index in [1.807, 2.05) is 18.3 Å². The molecule has 0 spiro atoms. The van der Waals surface area contributed by atoms with E-state index in [4.69, 9.17) is 0 Å². The first-order valence-electron chi connectivity index (χ1n) is 7.70. The van der Waals surface area contributed by atoms with Crippen LogP contribution in [0.3, 0.4) is 0 Å². The molecule has 2 aromatic rings. The third-order valence-corrected chi connectivity index (χ3v) is 3.56. The van der Waals surface area contributed by atoms with Gasteiger partial charge in [-0.25, -0.2) is 0 Å². The Balaban J connectivity index is 1.83. The maximum absolute atomic E-state index is 4.37. The van der Waals surface area contributed by atoms with Crippen molar-refractivity contribution in [3.8, 4) is 0 Å². The maximum atomic E-state index is 4.37. The van der Waals surface area contributed by atoms with Gasteiger partial charge < -0.3 is 10.2 Å². The summed E-state index contributed by atoms with van der Waals surface area (Å²) in [5.74, 6) is 0. The minimum absolute atomic E-state index is 0.950. The summed E-state index contributed by atoms with van der Waals surface area (Å²) in [7, 11) is 2.13. The summed E-state index contributed by atoms with van der Waals surface area (Å²) in [5, 5.41) is 3.42. The first-order valence-corrected chi connectivity index (χ1v) is 7.70. The molecule has 0 atom stereocenters. The monoisotopic (exact) mass is 283 g/mol. The summed E-state index contributed by atoms with van der Waals surface area (Å²) in [6.45, 7) is 5.19. The van der Waals surface area contributed by atoms with Gasteiger partial charge in [0, 0.05) is 44.1 Å². The number of aromatic nitrogens is 1. The molecule has 0 saturated carbocycles. The van der Waals surface area contributed by atoms with Crippen LogP contribution < -0.4 is 10.2 Å². The van der Waals surface area contributed by atoms with Gasteiger partial charge in [0.25, 0.3) is 0 Å². The number of nitrogens with zero attached hydrogens (tertiary/aromatic N) is 2. The molecule has 3 nitrogen and oxygen atoms in total. The lowest BCUT2D eigenvalue weighted by molar-refractivity contribution is 0.675. The summed E-state index contributed by atoms with van der Waals surface area (Å²) in [6, 6.07) is 14.9. The maximum Gasteiger partial charge on any atom is 0.0421 e. The Morgan fingerprint density at radius 3 is 2.57 bits per heavy atom. The van der Waals surface area contributed by atoms with Crippen LogP contribution in [-0.4, -0.2) is 25.1 Å². The highest BCUT2D eigenvalue weighted by Gasteiger charge is 2.02. The average Bonchev–Trinajstić information content (AvgIpc) is 2.54. The Bertz CT molecular complexity index is 508. The molecule has 0 aliphatic carbocycles. The van der Waals surface area contributed by atoms with Gasteiger partial charge in [-0.1, -0.05) is 25.1 Å². The fourth-order valence-electron chi connectivity index (χ4n) is 2.24. The molecular weight excluding hydrogens is 258 g/mol. The second-order valence-corrected chi connectivity index (χ2v) is 5.34. The topological polar surface area (TPSA) is 28.2 Å². The quantitative estimate of drug-likeness (QED) is 0.754. The van der Waals surface area contributed by atoms with Crippen molar-refractivity contribution in [1.82, 2.24) is 10.3 Å². The zero-order valence-electron chi connectivity index (χ0n) is 13.0. The molecule has 0 radical (unpaired) electrons. The lowest BCUT2D eigenvalue weighted by Gasteiger charge is -2.19. The van der Waals surface area contributed by atoms with Gasteiger partial charge in [0.2, 0.25) is 0 Å². The van der Waals surface area contributed by atoms with Crippen molar-refractivity contribution < 1.29 is 0 Å². The first kappa shape index (κ1) is 15.5. The predicted octanol–water partition coefficient (Wildman–Crippen LogP) is 3.26. The number of anilines is 1. The van der Waals surface area contributed by atoms with Crippen molar-refractivity contribution in [2.24, 2.45) is 0 Å². The number of rotatable bonds is 8. The normalized spacial score (nSPS) is 10.6. The van der Waals surface area contributed by atoms with E-state index >= 15 is 0 Å². The largest absolute Gasteiger partial charge is 0.374 e. The SMILES string of the molecule is CCCNCc1ccc(N(C)CCc2ccccn2)cc1. The third-order valence-electron chi connectivity index (χ3n) is 3.56. The zero-order chi connectivity index (χ0) is 14.9. The van der Waals surface area contributed by atoms with E-state index in [2.05, 4.69) is 59.5 Å². The van der Waals surface area contributed by atoms with E-state index in [0.29, 0.717) is 0 Å². The van der Waals surface area contributed by atoms with Crippen LogP contribution in [0.2, 0.25) is 0 Å². The smallest absolute Gasteiger partial charge is 0.0421 e. The van der Waals surface area contributed by atoms with Crippen LogP contribution >= 0.6 is 0 Å². The van der Waals surface area contributed by atoms with Gasteiger partial charge in [-0.05, 0) is 42.8 Å². The standard InChI is InChI=1S/C18H25N3/c1-3-12-19-15-16-7-9-18(10-8-16)21(2)14-11-17-6-4-5-13-20-17/h4-10,13,19H,3,11-12,14-15H2,1-2H3. The Hall–Kier alpha value is -1.87. The minimum atomic E-state index is 0.950. The van der Waals surface area contributed by atoms with Crippen LogP contribution in [0.1, 0.15) is 24.6 Å². The molecule has 21 heavy (non-hydrogen) atoms. The second-order valence-electron chi connectivity index (χ2n) is 5.34. The molecule has 1 aromatic heterocycles. The van der Waals surface area contributed by atoms with E-state index < -0.39 is 0 Å². The van der Waals surface area contributed by atoms with Crippen LogP contribution in [0, 0.1) is 0 Å². The molecule has 2 rings (SSSR count). The van der Waals surface area contributed by atoms with Gasteiger partial charge in [0.1, 0.15) is 0 Å². The summed E-state index contributed by atoms with van der Waals surface area (Å²) in [6.07, 6.45) is 4.00. The van der Waals surface area contributed by atoms with Crippen molar-refractivity contribution in [2.75, 3.05) is 25.0 Å². The Morgan fingerprint density at radius 1 is 1.10 bits per heavy atom. The van der Waals surface area contributed by atoms with Gasteiger partial charge in [0.05, 0.1) is 0 Å². The van der Waals surface area contributed by atoms with E-state index in [0.717, 1.165) is 31.7 Å². The molecule has 0 unspecified atom stereocenters. The van der Waals surface area contributed by atoms with Crippen LogP contribution in [0.4, 0.5) is 5.69 Å². The highest BCUT2D eigenvalue weighted by molar-refractivity contribution is 5.46. The lowest BCUT2D eigenvalue weighted by atomic mass is 10.2. The average molecular weight is 283 g/mol. The molecule has 1 N–H and O–H groups in total. The number of hydrogen-bond donors (Lipinski definition) is 1. The molecule has 0 aliphatic heterocycles. The molecular formula is C18H25N3. The predicted molar refractivity (Wildman–Crippen MR) is 89.7 cm³/mol. The molecule has 0 fully saturated rings. The van der Waals surface area contributed by atoms with Gasteiger partial charge in [-0.15, -0.1) is 0 Å². The molecule has 3 heteroatoms. The Morgan fingerprint density at radius 2 is 1.90 bits per heavy atom. The fourth-order valence-corrected chi connectivity index (χ4v) is 2.24. The van der Waals surface area contributed by atoms with E-state index in [-0.39, 0.29) is 0 Å².